The van der Waals surface area contributed by atoms with Crippen LogP contribution in [0.5, 0.6) is 0 Å². The number of hydrazone groups is 2. The Morgan fingerprint density at radius 1 is 1.31 bits per heavy atom. The van der Waals surface area contributed by atoms with Crippen molar-refractivity contribution in [1.82, 2.24) is 15.8 Å². The molecule has 2 N–H and O–H groups in total. The predicted octanol–water partition coefficient (Wildman–Crippen LogP) is 0.305. The molecule has 0 aliphatic rings. The number of hydrogen-bond acceptors (Lipinski definition) is 5. The highest BCUT2D eigenvalue weighted by molar-refractivity contribution is 7.80. The van der Waals surface area contributed by atoms with Gasteiger partial charge in [0.2, 0.25) is 0 Å². The minimum atomic E-state index is 0.195. The summed E-state index contributed by atoms with van der Waals surface area (Å²) >= 11 is 9.69. The summed E-state index contributed by atoms with van der Waals surface area (Å²) in [7, 11) is 5.11. The number of rotatable bonds is 3. The topological polar surface area (TPSA) is 61.2 Å². The molecular weight excluding hydrogens is 246 g/mol. The first-order valence-corrected chi connectivity index (χ1v) is 5.17. The standard InChI is InChI=1S/C8H15N5OS2/c1-6(5-9-12-8(16)14-4)10-11-7(15)13(2)3/h5H,1-4H3,(H,11,15)(H,12,16)/b9-5+,10-6+. The maximum Gasteiger partial charge on any atom is 0.277 e. The van der Waals surface area contributed by atoms with Crippen LogP contribution in [0.3, 0.4) is 0 Å². The zero-order chi connectivity index (χ0) is 12.6. The number of methoxy groups -OCH3 is 1. The molecule has 0 spiro atoms. The van der Waals surface area contributed by atoms with E-state index in [0.29, 0.717) is 10.8 Å². The Hall–Kier alpha value is -1.28. The largest absolute Gasteiger partial charge is 0.473 e. The Bertz CT molecular complexity index is 314. The van der Waals surface area contributed by atoms with E-state index in [0.717, 1.165) is 0 Å². The van der Waals surface area contributed by atoms with Crippen LogP contribution in [0.1, 0.15) is 6.92 Å². The first kappa shape index (κ1) is 14.7. The molecule has 0 aromatic heterocycles. The summed E-state index contributed by atoms with van der Waals surface area (Å²) in [6.07, 6.45) is 1.50. The zero-order valence-electron chi connectivity index (χ0n) is 9.64. The smallest absolute Gasteiger partial charge is 0.277 e. The highest BCUT2D eigenvalue weighted by Gasteiger charge is 1.94. The predicted molar refractivity (Wildman–Crippen MR) is 73.8 cm³/mol. The van der Waals surface area contributed by atoms with E-state index >= 15 is 0 Å². The van der Waals surface area contributed by atoms with E-state index in [1.54, 1.807) is 11.8 Å². The molecule has 0 saturated carbocycles. The Kier molecular flexibility index (Phi) is 7.31. The summed E-state index contributed by atoms with van der Waals surface area (Å²) < 4.78 is 4.69. The second-order valence-corrected chi connectivity index (χ2v) is 3.68. The van der Waals surface area contributed by atoms with Crippen molar-refractivity contribution in [3.8, 4) is 0 Å². The van der Waals surface area contributed by atoms with E-state index < -0.39 is 0 Å². The van der Waals surface area contributed by atoms with Crippen molar-refractivity contribution in [2.75, 3.05) is 21.2 Å². The molecule has 0 saturated heterocycles. The third-order valence-corrected chi connectivity index (χ3v) is 2.04. The van der Waals surface area contributed by atoms with Crippen LogP contribution in [0.4, 0.5) is 0 Å². The molecule has 0 amide bonds. The van der Waals surface area contributed by atoms with Crippen LogP contribution in [0, 0.1) is 0 Å². The van der Waals surface area contributed by atoms with Crippen molar-refractivity contribution in [3.05, 3.63) is 0 Å². The lowest BCUT2D eigenvalue weighted by molar-refractivity contribution is 0.395. The average molecular weight is 261 g/mol. The van der Waals surface area contributed by atoms with Gasteiger partial charge < -0.3 is 9.64 Å². The normalized spacial score (nSPS) is 11.1. The molecule has 0 bridgehead atoms. The number of thiocarbonyl (C=S) groups is 2. The van der Waals surface area contributed by atoms with Gasteiger partial charge in [0.1, 0.15) is 0 Å². The van der Waals surface area contributed by atoms with Gasteiger partial charge in [0.25, 0.3) is 5.17 Å². The Morgan fingerprint density at radius 3 is 2.44 bits per heavy atom. The quantitative estimate of drug-likeness (QED) is 0.433. The first-order valence-electron chi connectivity index (χ1n) is 4.36. The third kappa shape index (κ3) is 7.07. The molecule has 0 aromatic rings. The maximum atomic E-state index is 4.98. The molecule has 0 atom stereocenters. The summed E-state index contributed by atoms with van der Waals surface area (Å²) in [5, 5.41) is 8.49. The summed E-state index contributed by atoms with van der Waals surface area (Å²) in [4.78, 5) is 1.74. The molecule has 0 fully saturated rings. The highest BCUT2D eigenvalue weighted by Crippen LogP contribution is 1.79. The van der Waals surface area contributed by atoms with Crippen LogP contribution in [0.2, 0.25) is 0 Å². The number of ether oxygens (including phenoxy) is 1. The van der Waals surface area contributed by atoms with Gasteiger partial charge in [-0.05, 0) is 31.4 Å². The summed E-state index contributed by atoms with van der Waals surface area (Å²) in [6, 6.07) is 0. The lowest BCUT2D eigenvalue weighted by atomic mass is 10.5. The van der Waals surface area contributed by atoms with Crippen molar-refractivity contribution in [2.45, 2.75) is 6.92 Å². The minimum absolute atomic E-state index is 0.195. The molecule has 0 rings (SSSR count). The fourth-order valence-electron chi connectivity index (χ4n) is 0.489. The maximum absolute atomic E-state index is 4.98. The van der Waals surface area contributed by atoms with Crippen molar-refractivity contribution in [3.63, 3.8) is 0 Å². The lowest BCUT2D eigenvalue weighted by Crippen LogP contribution is -2.31. The second kappa shape index (κ2) is 7.94. The van der Waals surface area contributed by atoms with Crippen LogP contribution in [0.25, 0.3) is 0 Å². The van der Waals surface area contributed by atoms with Crippen molar-refractivity contribution in [2.24, 2.45) is 10.2 Å². The SMILES string of the molecule is COC(=S)N/N=C/C(C)=N/NC(=S)N(C)C. The number of nitrogens with zero attached hydrogens (tertiary/aromatic N) is 3. The monoisotopic (exact) mass is 261 g/mol. The molecule has 16 heavy (non-hydrogen) atoms. The van der Waals surface area contributed by atoms with E-state index in [2.05, 4.69) is 25.8 Å². The van der Waals surface area contributed by atoms with E-state index in [1.807, 2.05) is 14.1 Å². The average Bonchev–Trinajstić information content (AvgIpc) is 2.25. The molecule has 0 heterocycles. The highest BCUT2D eigenvalue weighted by atomic mass is 32.1. The van der Waals surface area contributed by atoms with Gasteiger partial charge in [-0.15, -0.1) is 0 Å². The Balaban J connectivity index is 4.05. The summed E-state index contributed by atoms with van der Waals surface area (Å²) in [5.41, 5.74) is 5.85. The fourth-order valence-corrected chi connectivity index (χ4v) is 0.587. The first-order chi connectivity index (χ1) is 7.47. The third-order valence-electron chi connectivity index (χ3n) is 1.33. The molecule has 8 heteroatoms. The summed E-state index contributed by atoms with van der Waals surface area (Å²) in [6.45, 7) is 1.77. The van der Waals surface area contributed by atoms with Crippen molar-refractivity contribution < 1.29 is 4.74 Å². The van der Waals surface area contributed by atoms with Crippen LogP contribution in [-0.2, 0) is 4.74 Å². The Labute approximate surface area is 106 Å². The fraction of sp³-hybridized carbons (Fsp3) is 0.500. The van der Waals surface area contributed by atoms with Gasteiger partial charge in [-0.2, -0.15) is 10.2 Å². The molecule has 0 unspecified atom stereocenters. The molecule has 0 aromatic carbocycles. The molecule has 0 aliphatic heterocycles. The zero-order valence-corrected chi connectivity index (χ0v) is 11.3. The van der Waals surface area contributed by atoms with Crippen LogP contribution in [0.15, 0.2) is 10.2 Å². The lowest BCUT2D eigenvalue weighted by Gasteiger charge is -2.11. The Morgan fingerprint density at radius 2 is 1.94 bits per heavy atom. The molecule has 90 valence electrons. The van der Waals surface area contributed by atoms with Crippen LogP contribution >= 0.6 is 24.4 Å². The minimum Gasteiger partial charge on any atom is -0.473 e. The van der Waals surface area contributed by atoms with Gasteiger partial charge >= 0.3 is 0 Å². The molecule has 6 nitrogen and oxygen atoms in total. The number of hydrogen-bond donors (Lipinski definition) is 2. The number of nitrogens with one attached hydrogen (secondary N) is 2. The van der Waals surface area contributed by atoms with Gasteiger partial charge in [-0.25, -0.2) is 5.43 Å². The van der Waals surface area contributed by atoms with Crippen LogP contribution < -0.4 is 10.9 Å². The van der Waals surface area contributed by atoms with Gasteiger partial charge in [0.05, 0.1) is 19.0 Å². The van der Waals surface area contributed by atoms with Crippen molar-refractivity contribution in [1.29, 1.82) is 0 Å². The van der Waals surface area contributed by atoms with Crippen molar-refractivity contribution >= 4 is 46.6 Å². The van der Waals surface area contributed by atoms with Gasteiger partial charge in [-0.1, -0.05) is 0 Å². The van der Waals surface area contributed by atoms with E-state index in [9.17, 15) is 0 Å². The molecule has 0 radical (unpaired) electrons. The summed E-state index contributed by atoms with van der Waals surface area (Å²) in [5.74, 6) is 0. The van der Waals surface area contributed by atoms with E-state index in [1.165, 1.54) is 13.3 Å². The molecule has 0 aliphatic carbocycles. The van der Waals surface area contributed by atoms with Gasteiger partial charge in [0, 0.05) is 14.1 Å². The second-order valence-electron chi connectivity index (χ2n) is 2.93. The van der Waals surface area contributed by atoms with E-state index in [-0.39, 0.29) is 5.17 Å². The molecular formula is C8H15N5OS2. The van der Waals surface area contributed by atoms with Gasteiger partial charge in [-0.3, -0.25) is 5.43 Å². The van der Waals surface area contributed by atoms with Gasteiger partial charge in [0.15, 0.2) is 5.11 Å². The van der Waals surface area contributed by atoms with Crippen LogP contribution in [-0.4, -0.2) is 48.3 Å². The van der Waals surface area contributed by atoms with E-state index in [4.69, 9.17) is 24.4 Å².